The molecule has 0 bridgehead atoms. The Morgan fingerprint density at radius 1 is 1.00 bits per heavy atom. The number of ether oxygens (including phenoxy) is 1. The molecule has 3 aromatic carbocycles. The first-order valence-electron chi connectivity index (χ1n) is 9.78. The molecule has 9 heteroatoms. The van der Waals surface area contributed by atoms with Crippen LogP contribution < -0.4 is 5.73 Å². The van der Waals surface area contributed by atoms with Crippen molar-refractivity contribution in [2.45, 2.75) is 12.0 Å². The molecule has 0 radical (unpaired) electrons. The van der Waals surface area contributed by atoms with Crippen molar-refractivity contribution in [1.29, 1.82) is 0 Å². The first kappa shape index (κ1) is 22.8. The highest BCUT2D eigenvalue weighted by Crippen LogP contribution is 2.44. The highest BCUT2D eigenvalue weighted by molar-refractivity contribution is 6.31. The Labute approximate surface area is 198 Å². The molecule has 0 saturated carbocycles. The normalized spacial score (nSPS) is 12.8. The number of imidazole rings is 1. The predicted molar refractivity (Wildman–Crippen MR) is 123 cm³/mol. The second kappa shape index (κ2) is 9.60. The third kappa shape index (κ3) is 4.42. The van der Waals surface area contributed by atoms with Gasteiger partial charge in [-0.1, -0.05) is 53.5 Å². The third-order valence-electron chi connectivity index (χ3n) is 5.30. The molecule has 1 heterocycles. The van der Waals surface area contributed by atoms with Gasteiger partial charge in [0.1, 0.15) is 17.7 Å². The minimum atomic E-state index is -1.15. The molecule has 0 saturated heterocycles. The fourth-order valence-corrected chi connectivity index (χ4v) is 4.17. The van der Waals surface area contributed by atoms with Crippen molar-refractivity contribution in [3.63, 3.8) is 0 Å². The number of aromatic nitrogens is 2. The second-order valence-electron chi connectivity index (χ2n) is 7.20. The van der Waals surface area contributed by atoms with Crippen LogP contribution in [0.2, 0.25) is 10.0 Å². The third-order valence-corrected chi connectivity index (χ3v) is 5.88. The van der Waals surface area contributed by atoms with Crippen LogP contribution in [0.3, 0.4) is 0 Å². The van der Waals surface area contributed by atoms with Crippen molar-refractivity contribution >= 4 is 35.4 Å². The number of nitrogen functional groups attached to an aromatic ring is 1. The lowest BCUT2D eigenvalue weighted by Crippen LogP contribution is -2.19. The highest BCUT2D eigenvalue weighted by atomic mass is 35.5. The average molecular weight is 488 g/mol. The molecule has 2 unspecified atom stereocenters. The number of rotatable bonds is 7. The lowest BCUT2D eigenvalue weighted by Gasteiger charge is -2.28. The predicted octanol–water partition coefficient (Wildman–Crippen LogP) is 6.29. The summed E-state index contributed by atoms with van der Waals surface area (Å²) in [4.78, 5) is 18.9. The standard InChI is InChI=1S/C24H17Cl2F2N3O2/c25-16-6-3-5-15(21(16)28)24(33-12-32)20(14-4-1-2-7-19(14)29)23-22(30-11-31-23)13-8-9-18(27)17(26)10-13/h1-12,20,24H,29H2,(H,30,31). The number of anilines is 1. The minimum absolute atomic E-state index is 0.0561. The number of nitrogens with two attached hydrogens (primary N) is 1. The summed E-state index contributed by atoms with van der Waals surface area (Å²) in [7, 11) is 0. The number of carbonyl (C=O) groups excluding carboxylic acids is 1. The molecule has 1 aromatic heterocycles. The van der Waals surface area contributed by atoms with Crippen LogP contribution in [-0.2, 0) is 9.53 Å². The molecular weight excluding hydrogens is 471 g/mol. The fraction of sp³-hybridized carbons (Fsp3) is 0.0833. The van der Waals surface area contributed by atoms with Crippen molar-refractivity contribution in [2.24, 2.45) is 0 Å². The van der Waals surface area contributed by atoms with Crippen molar-refractivity contribution < 1.29 is 18.3 Å². The second-order valence-corrected chi connectivity index (χ2v) is 8.01. The van der Waals surface area contributed by atoms with E-state index < -0.39 is 23.7 Å². The maximum absolute atomic E-state index is 15.1. The van der Waals surface area contributed by atoms with Gasteiger partial charge in [-0.3, -0.25) is 4.79 Å². The summed E-state index contributed by atoms with van der Waals surface area (Å²) in [5.41, 5.74) is 8.65. The Kier molecular flexibility index (Phi) is 6.62. The van der Waals surface area contributed by atoms with Crippen LogP contribution in [-0.4, -0.2) is 16.4 Å². The largest absolute Gasteiger partial charge is 0.459 e. The first-order valence-corrected chi connectivity index (χ1v) is 10.5. The monoisotopic (exact) mass is 487 g/mol. The Morgan fingerprint density at radius 3 is 2.48 bits per heavy atom. The zero-order valence-electron chi connectivity index (χ0n) is 16.9. The number of nitrogens with one attached hydrogen (secondary N) is 1. The minimum Gasteiger partial charge on any atom is -0.459 e. The van der Waals surface area contributed by atoms with Gasteiger partial charge in [-0.2, -0.15) is 0 Å². The van der Waals surface area contributed by atoms with E-state index in [2.05, 4.69) is 9.97 Å². The van der Waals surface area contributed by atoms with E-state index in [0.29, 0.717) is 28.2 Å². The molecule has 0 fully saturated rings. The van der Waals surface area contributed by atoms with Gasteiger partial charge in [-0.05, 0) is 35.9 Å². The molecule has 3 N–H and O–H groups in total. The molecule has 4 aromatic rings. The molecule has 0 aliphatic heterocycles. The number of halogens is 4. The number of nitrogens with zero attached hydrogens (tertiary/aromatic N) is 1. The summed E-state index contributed by atoms with van der Waals surface area (Å²) in [6.07, 6.45) is 0.279. The number of hydrogen-bond acceptors (Lipinski definition) is 4. The Balaban J connectivity index is 1.97. The molecule has 5 nitrogen and oxygen atoms in total. The van der Waals surface area contributed by atoms with E-state index >= 15 is 4.39 Å². The van der Waals surface area contributed by atoms with Gasteiger partial charge in [0.05, 0.1) is 33.7 Å². The zero-order valence-corrected chi connectivity index (χ0v) is 18.4. The van der Waals surface area contributed by atoms with Gasteiger partial charge in [0.2, 0.25) is 0 Å². The Hall–Kier alpha value is -3.42. The highest BCUT2D eigenvalue weighted by Gasteiger charge is 2.35. The number of aromatic amines is 1. The smallest absolute Gasteiger partial charge is 0.293 e. The molecule has 0 aliphatic carbocycles. The van der Waals surface area contributed by atoms with E-state index in [1.807, 2.05) is 0 Å². The SMILES string of the molecule is Nc1ccccc1C(c1[nH]cnc1-c1ccc(F)c(Cl)c1)C(OC=O)c1cccc(Cl)c1F. The summed E-state index contributed by atoms with van der Waals surface area (Å²) >= 11 is 12.0. The molecule has 168 valence electrons. The van der Waals surface area contributed by atoms with Crippen molar-refractivity contribution in [2.75, 3.05) is 5.73 Å². The molecular formula is C24H17Cl2F2N3O2. The van der Waals surface area contributed by atoms with Crippen molar-refractivity contribution in [3.05, 3.63) is 105 Å². The van der Waals surface area contributed by atoms with Crippen LogP contribution in [0.25, 0.3) is 11.3 Å². The van der Waals surface area contributed by atoms with Crippen LogP contribution in [0.15, 0.2) is 67.0 Å². The van der Waals surface area contributed by atoms with Gasteiger partial charge in [-0.15, -0.1) is 0 Å². The molecule has 2 atom stereocenters. The summed E-state index contributed by atoms with van der Waals surface area (Å²) in [6, 6.07) is 15.5. The van der Waals surface area contributed by atoms with Gasteiger partial charge in [-0.25, -0.2) is 13.8 Å². The van der Waals surface area contributed by atoms with Crippen LogP contribution in [0.4, 0.5) is 14.5 Å². The van der Waals surface area contributed by atoms with E-state index in [0.717, 1.165) is 0 Å². The van der Waals surface area contributed by atoms with E-state index in [1.165, 1.54) is 36.7 Å². The van der Waals surface area contributed by atoms with E-state index in [1.54, 1.807) is 30.3 Å². The quantitative estimate of drug-likeness (QED) is 0.237. The van der Waals surface area contributed by atoms with Gasteiger partial charge >= 0.3 is 0 Å². The summed E-state index contributed by atoms with van der Waals surface area (Å²) in [6.45, 7) is 0.238. The number of H-pyrrole nitrogens is 1. The maximum atomic E-state index is 15.1. The van der Waals surface area contributed by atoms with Gasteiger partial charge in [0.15, 0.2) is 0 Å². The maximum Gasteiger partial charge on any atom is 0.293 e. The van der Waals surface area contributed by atoms with Crippen molar-refractivity contribution in [3.8, 4) is 11.3 Å². The van der Waals surface area contributed by atoms with Gasteiger partial charge in [0.25, 0.3) is 6.47 Å². The number of benzene rings is 3. The lowest BCUT2D eigenvalue weighted by molar-refractivity contribution is -0.134. The lowest BCUT2D eigenvalue weighted by atomic mass is 9.83. The summed E-state index contributed by atoms with van der Waals surface area (Å²) < 4.78 is 34.3. The number of hydrogen-bond donors (Lipinski definition) is 2. The summed E-state index contributed by atoms with van der Waals surface area (Å²) in [5.74, 6) is -2.12. The molecule has 4 rings (SSSR count). The van der Waals surface area contributed by atoms with E-state index in [4.69, 9.17) is 33.7 Å². The average Bonchev–Trinajstić information content (AvgIpc) is 3.28. The van der Waals surface area contributed by atoms with Gasteiger partial charge in [0, 0.05) is 16.8 Å². The summed E-state index contributed by atoms with van der Waals surface area (Å²) in [5, 5.41) is -0.208. The zero-order chi connectivity index (χ0) is 23.5. The van der Waals surface area contributed by atoms with E-state index in [-0.39, 0.29) is 22.1 Å². The Bertz CT molecular complexity index is 1310. The number of carbonyl (C=O) groups is 1. The van der Waals surface area contributed by atoms with E-state index in [9.17, 15) is 9.18 Å². The Morgan fingerprint density at radius 2 is 1.76 bits per heavy atom. The molecule has 0 spiro atoms. The number of para-hydroxylation sites is 1. The van der Waals surface area contributed by atoms with Crippen LogP contribution >= 0.6 is 23.2 Å². The fourth-order valence-electron chi connectivity index (χ4n) is 3.81. The molecule has 33 heavy (non-hydrogen) atoms. The van der Waals surface area contributed by atoms with Gasteiger partial charge < -0.3 is 15.5 Å². The van der Waals surface area contributed by atoms with Crippen LogP contribution in [0.5, 0.6) is 0 Å². The molecule has 0 amide bonds. The van der Waals surface area contributed by atoms with Crippen LogP contribution in [0, 0.1) is 11.6 Å². The van der Waals surface area contributed by atoms with Crippen LogP contribution in [0.1, 0.15) is 28.8 Å². The molecule has 0 aliphatic rings. The van der Waals surface area contributed by atoms with Crippen molar-refractivity contribution in [1.82, 2.24) is 9.97 Å². The first-order chi connectivity index (χ1) is 15.9. The topological polar surface area (TPSA) is 81.0 Å².